The van der Waals surface area contributed by atoms with Gasteiger partial charge in [-0.15, -0.1) is 0 Å². The summed E-state index contributed by atoms with van der Waals surface area (Å²) < 4.78 is 5.35. The Hall–Kier alpha value is -2.77. The molecular weight excluding hydrogens is 388 g/mol. The van der Waals surface area contributed by atoms with Gasteiger partial charge in [-0.2, -0.15) is 0 Å². The van der Waals surface area contributed by atoms with E-state index in [1.165, 1.54) is 11.0 Å². The fourth-order valence-corrected chi connectivity index (χ4v) is 3.47. The third-order valence-corrected chi connectivity index (χ3v) is 4.83. The van der Waals surface area contributed by atoms with Crippen molar-refractivity contribution in [1.82, 2.24) is 4.90 Å². The lowest BCUT2D eigenvalue weighted by Gasteiger charge is -2.12. The molecule has 0 saturated carbocycles. The van der Waals surface area contributed by atoms with Crippen LogP contribution in [-0.2, 0) is 16.1 Å². The molecule has 0 aliphatic carbocycles. The van der Waals surface area contributed by atoms with Crippen LogP contribution in [0.25, 0.3) is 6.08 Å². The smallest absolute Gasteiger partial charge is 0.293 e. The highest BCUT2D eigenvalue weighted by atomic mass is 35.5. The van der Waals surface area contributed by atoms with Gasteiger partial charge in [0.05, 0.1) is 11.4 Å². The van der Waals surface area contributed by atoms with E-state index in [1.54, 1.807) is 18.2 Å². The molecule has 0 aromatic heterocycles. The van der Waals surface area contributed by atoms with Crippen LogP contribution in [0.3, 0.4) is 0 Å². The number of hydrogen-bond acceptors (Lipinski definition) is 5. The molecule has 3 rings (SSSR count). The molecule has 3 amide bonds. The van der Waals surface area contributed by atoms with Gasteiger partial charge in [0.15, 0.2) is 6.61 Å². The van der Waals surface area contributed by atoms with Gasteiger partial charge in [-0.3, -0.25) is 19.3 Å². The largest absolute Gasteiger partial charge is 0.483 e. The number of benzene rings is 2. The topological polar surface area (TPSA) is 89.7 Å². The minimum absolute atomic E-state index is 0.198. The number of nitrogens with zero attached hydrogens (tertiary/aromatic N) is 1. The third-order valence-electron chi connectivity index (χ3n) is 3.69. The van der Waals surface area contributed by atoms with Crippen molar-refractivity contribution in [3.05, 3.63) is 69.6 Å². The highest BCUT2D eigenvalue weighted by Gasteiger charge is 2.35. The van der Waals surface area contributed by atoms with E-state index < -0.39 is 11.8 Å². The Balaban J connectivity index is 1.85. The number of hydrogen-bond donors (Lipinski definition) is 1. The van der Waals surface area contributed by atoms with Crippen LogP contribution in [0.4, 0.5) is 4.79 Å². The predicted octanol–water partition coefficient (Wildman–Crippen LogP) is 3.44. The normalized spacial score (nSPS) is 15.4. The monoisotopic (exact) mass is 402 g/mol. The van der Waals surface area contributed by atoms with Crippen molar-refractivity contribution in [2.75, 3.05) is 6.61 Å². The maximum absolute atomic E-state index is 12.7. The van der Waals surface area contributed by atoms with Crippen LogP contribution >= 0.6 is 23.4 Å². The van der Waals surface area contributed by atoms with Gasteiger partial charge in [0, 0.05) is 10.6 Å². The molecule has 1 saturated heterocycles. The number of thioether (sulfide) groups is 1. The van der Waals surface area contributed by atoms with Gasteiger partial charge in [-0.1, -0.05) is 41.9 Å². The number of imide groups is 1. The predicted molar refractivity (Wildman–Crippen MR) is 104 cm³/mol. The lowest BCUT2D eigenvalue weighted by molar-refractivity contribution is -0.123. The van der Waals surface area contributed by atoms with E-state index >= 15 is 0 Å². The van der Waals surface area contributed by atoms with Crippen LogP contribution in [0.15, 0.2) is 53.4 Å². The van der Waals surface area contributed by atoms with Crippen molar-refractivity contribution in [2.24, 2.45) is 5.73 Å². The standard InChI is InChI=1S/C19H15ClN2O4S/c20-14-6-7-15(26-11-17(21)23)13(8-14)9-16-18(24)22(19(25)27-16)10-12-4-2-1-3-5-12/h1-9H,10-11H2,(H2,21,23)/b16-9-. The van der Waals surface area contributed by atoms with Gasteiger partial charge < -0.3 is 10.5 Å². The quantitative estimate of drug-likeness (QED) is 0.747. The molecule has 1 heterocycles. The maximum atomic E-state index is 12.7. The number of primary amides is 1. The second-order valence-electron chi connectivity index (χ2n) is 5.69. The Kier molecular flexibility index (Phi) is 5.83. The van der Waals surface area contributed by atoms with E-state index in [2.05, 4.69) is 0 Å². The van der Waals surface area contributed by atoms with Gasteiger partial charge in [-0.05, 0) is 41.6 Å². The van der Waals surface area contributed by atoms with Crippen LogP contribution < -0.4 is 10.5 Å². The lowest BCUT2D eigenvalue weighted by atomic mass is 10.1. The van der Waals surface area contributed by atoms with E-state index in [-0.39, 0.29) is 23.3 Å². The number of ether oxygens (including phenoxy) is 1. The third kappa shape index (κ3) is 4.69. The molecule has 2 aromatic carbocycles. The zero-order valence-corrected chi connectivity index (χ0v) is 15.6. The molecule has 8 heteroatoms. The van der Waals surface area contributed by atoms with E-state index in [0.717, 1.165) is 17.3 Å². The van der Waals surface area contributed by atoms with Crippen molar-refractivity contribution in [3.8, 4) is 5.75 Å². The molecule has 1 aliphatic rings. The van der Waals surface area contributed by atoms with Crippen molar-refractivity contribution in [2.45, 2.75) is 6.54 Å². The molecule has 27 heavy (non-hydrogen) atoms. The Labute approximate surface area is 164 Å². The number of carbonyl (C=O) groups is 3. The van der Waals surface area contributed by atoms with Crippen LogP contribution in [-0.4, -0.2) is 28.6 Å². The summed E-state index contributed by atoms with van der Waals surface area (Å²) in [6, 6.07) is 14.0. The number of rotatable bonds is 6. The molecule has 2 aromatic rings. The summed E-state index contributed by atoms with van der Waals surface area (Å²) in [7, 11) is 0. The van der Waals surface area contributed by atoms with E-state index in [0.29, 0.717) is 16.3 Å². The SMILES string of the molecule is NC(=O)COc1ccc(Cl)cc1/C=C1\SC(=O)N(Cc2ccccc2)C1=O. The van der Waals surface area contributed by atoms with Gasteiger partial charge in [0.2, 0.25) is 0 Å². The average Bonchev–Trinajstić information content (AvgIpc) is 2.89. The van der Waals surface area contributed by atoms with E-state index in [4.69, 9.17) is 22.1 Å². The molecule has 2 N–H and O–H groups in total. The average molecular weight is 403 g/mol. The number of halogens is 1. The Morgan fingerprint density at radius 2 is 1.93 bits per heavy atom. The Bertz CT molecular complexity index is 931. The van der Waals surface area contributed by atoms with E-state index in [1.807, 2.05) is 30.3 Å². The van der Waals surface area contributed by atoms with Crippen molar-refractivity contribution in [1.29, 1.82) is 0 Å². The summed E-state index contributed by atoms with van der Waals surface area (Å²) in [5, 5.41) is 0.0768. The molecule has 6 nitrogen and oxygen atoms in total. The van der Waals surface area contributed by atoms with Crippen molar-refractivity contribution >= 4 is 46.5 Å². The van der Waals surface area contributed by atoms with Crippen LogP contribution in [0.2, 0.25) is 5.02 Å². The van der Waals surface area contributed by atoms with Crippen molar-refractivity contribution in [3.63, 3.8) is 0 Å². The van der Waals surface area contributed by atoms with Gasteiger partial charge >= 0.3 is 0 Å². The first-order valence-corrected chi connectivity index (χ1v) is 9.13. The Morgan fingerprint density at radius 3 is 2.63 bits per heavy atom. The second-order valence-corrected chi connectivity index (χ2v) is 7.12. The molecule has 0 bridgehead atoms. The molecule has 0 spiro atoms. The summed E-state index contributed by atoms with van der Waals surface area (Å²) in [5.41, 5.74) is 6.44. The minimum atomic E-state index is -0.626. The highest BCUT2D eigenvalue weighted by molar-refractivity contribution is 8.18. The molecule has 1 aliphatic heterocycles. The molecule has 0 radical (unpaired) electrons. The molecule has 1 fully saturated rings. The molecule has 0 unspecified atom stereocenters. The summed E-state index contributed by atoms with van der Waals surface area (Å²) >= 11 is 6.86. The zero-order chi connectivity index (χ0) is 19.4. The number of nitrogens with two attached hydrogens (primary N) is 1. The number of carbonyl (C=O) groups excluding carboxylic acids is 3. The second kappa shape index (κ2) is 8.28. The van der Waals surface area contributed by atoms with Crippen LogP contribution in [0.1, 0.15) is 11.1 Å². The fourth-order valence-electron chi connectivity index (χ4n) is 2.46. The van der Waals surface area contributed by atoms with Gasteiger partial charge in [0.1, 0.15) is 5.75 Å². The lowest BCUT2D eigenvalue weighted by Crippen LogP contribution is -2.27. The maximum Gasteiger partial charge on any atom is 0.293 e. The summed E-state index contributed by atoms with van der Waals surface area (Å²) in [6.45, 7) is -0.110. The molecule has 138 valence electrons. The van der Waals surface area contributed by atoms with Crippen LogP contribution in [0, 0.1) is 0 Å². The fraction of sp³-hybridized carbons (Fsp3) is 0.105. The first-order valence-electron chi connectivity index (χ1n) is 7.94. The zero-order valence-electron chi connectivity index (χ0n) is 14.1. The molecular formula is C19H15ClN2O4S. The summed E-state index contributed by atoms with van der Waals surface area (Å²) in [6.07, 6.45) is 1.53. The Morgan fingerprint density at radius 1 is 1.19 bits per heavy atom. The van der Waals surface area contributed by atoms with Gasteiger partial charge in [-0.25, -0.2) is 0 Å². The first kappa shape index (κ1) is 19.0. The minimum Gasteiger partial charge on any atom is -0.483 e. The highest BCUT2D eigenvalue weighted by Crippen LogP contribution is 2.35. The summed E-state index contributed by atoms with van der Waals surface area (Å²) in [5.74, 6) is -0.679. The van der Waals surface area contributed by atoms with Crippen LogP contribution in [0.5, 0.6) is 5.75 Å². The summed E-state index contributed by atoms with van der Waals surface area (Å²) in [4.78, 5) is 37.3. The van der Waals surface area contributed by atoms with Crippen molar-refractivity contribution < 1.29 is 19.1 Å². The number of amides is 3. The van der Waals surface area contributed by atoms with E-state index in [9.17, 15) is 14.4 Å². The van der Waals surface area contributed by atoms with Gasteiger partial charge in [0.25, 0.3) is 17.1 Å². The first-order chi connectivity index (χ1) is 12.9. The molecule has 0 atom stereocenters.